The summed E-state index contributed by atoms with van der Waals surface area (Å²) in [5.41, 5.74) is -0.848. The summed E-state index contributed by atoms with van der Waals surface area (Å²) in [5.74, 6) is -0.140. The number of benzene rings is 1. The second-order valence-electron chi connectivity index (χ2n) is 5.97. The normalized spacial score (nSPS) is 32.4. The quantitative estimate of drug-likeness (QED) is 0.668. The standard InChI is InChI=1S/C15H18N2O2Se/c1-14(10-20-11-6-4-3-5-7-11)8-9-15(2)12(18)16-13(19)17(14)15/h3-7H,8-10H2,1-2H3,(H,16,18,19)/t14-,15+/m1/s1. The van der Waals surface area contributed by atoms with Crippen LogP contribution in [-0.4, -0.2) is 42.9 Å². The van der Waals surface area contributed by atoms with Crippen LogP contribution in [0.5, 0.6) is 0 Å². The summed E-state index contributed by atoms with van der Waals surface area (Å²) in [5, 5.41) is 3.41. The van der Waals surface area contributed by atoms with E-state index >= 15 is 0 Å². The van der Waals surface area contributed by atoms with E-state index in [9.17, 15) is 9.59 Å². The summed E-state index contributed by atoms with van der Waals surface area (Å²) >= 11 is 0.313. The molecule has 0 radical (unpaired) electrons. The fourth-order valence-corrected chi connectivity index (χ4v) is 5.51. The third kappa shape index (κ3) is 1.97. The number of imide groups is 1. The van der Waals surface area contributed by atoms with Crippen molar-refractivity contribution < 1.29 is 9.59 Å². The Bertz CT molecular complexity index is 562. The van der Waals surface area contributed by atoms with Gasteiger partial charge in [0.05, 0.1) is 0 Å². The Balaban J connectivity index is 1.79. The van der Waals surface area contributed by atoms with Gasteiger partial charge in [-0.25, -0.2) is 0 Å². The first kappa shape index (κ1) is 13.7. The molecule has 0 unspecified atom stereocenters. The zero-order chi connectivity index (χ0) is 14.4. The van der Waals surface area contributed by atoms with E-state index in [1.54, 1.807) is 4.90 Å². The van der Waals surface area contributed by atoms with Crippen LogP contribution in [0.1, 0.15) is 26.7 Å². The molecule has 20 heavy (non-hydrogen) atoms. The van der Waals surface area contributed by atoms with Gasteiger partial charge >= 0.3 is 125 Å². The van der Waals surface area contributed by atoms with Gasteiger partial charge < -0.3 is 0 Å². The number of fused-ring (bicyclic) bond motifs is 1. The van der Waals surface area contributed by atoms with Crippen molar-refractivity contribution >= 4 is 31.4 Å². The van der Waals surface area contributed by atoms with Gasteiger partial charge in [0.1, 0.15) is 0 Å². The molecule has 5 heteroatoms. The minimum atomic E-state index is -0.640. The molecule has 1 N–H and O–H groups in total. The fourth-order valence-electron chi connectivity index (χ4n) is 3.20. The molecule has 1 aromatic rings. The van der Waals surface area contributed by atoms with E-state index in [-0.39, 0.29) is 17.5 Å². The molecule has 2 saturated heterocycles. The molecule has 0 aliphatic carbocycles. The van der Waals surface area contributed by atoms with Crippen LogP contribution in [0.2, 0.25) is 5.32 Å². The Labute approximate surface area is 125 Å². The van der Waals surface area contributed by atoms with E-state index in [0.29, 0.717) is 15.0 Å². The molecule has 1 aromatic carbocycles. The molecule has 2 fully saturated rings. The second-order valence-corrected chi connectivity index (χ2v) is 8.17. The summed E-state index contributed by atoms with van der Waals surface area (Å²) in [6.07, 6.45) is 1.66. The summed E-state index contributed by atoms with van der Waals surface area (Å²) in [4.78, 5) is 25.9. The van der Waals surface area contributed by atoms with E-state index in [0.717, 1.165) is 18.2 Å². The van der Waals surface area contributed by atoms with E-state index < -0.39 is 5.54 Å². The molecule has 4 nitrogen and oxygen atoms in total. The number of carbonyl (C=O) groups is 2. The predicted octanol–water partition coefficient (Wildman–Crippen LogP) is 1.30. The van der Waals surface area contributed by atoms with Crippen molar-refractivity contribution in [2.24, 2.45) is 0 Å². The zero-order valence-electron chi connectivity index (χ0n) is 11.7. The predicted molar refractivity (Wildman–Crippen MR) is 78.1 cm³/mol. The van der Waals surface area contributed by atoms with Crippen LogP contribution in [-0.2, 0) is 4.79 Å². The fraction of sp³-hybridized carbons (Fsp3) is 0.467. The Morgan fingerprint density at radius 1 is 1.20 bits per heavy atom. The van der Waals surface area contributed by atoms with Crippen molar-refractivity contribution in [2.75, 3.05) is 0 Å². The van der Waals surface area contributed by atoms with Gasteiger partial charge in [-0.15, -0.1) is 0 Å². The monoisotopic (exact) mass is 338 g/mol. The number of carbonyl (C=O) groups excluding carboxylic acids is 2. The molecular formula is C15H18N2O2Se. The Hall–Kier alpha value is -1.32. The molecule has 0 saturated carbocycles. The van der Waals surface area contributed by atoms with E-state index in [2.05, 4.69) is 24.4 Å². The molecule has 0 spiro atoms. The van der Waals surface area contributed by atoms with Gasteiger partial charge in [-0.1, -0.05) is 0 Å². The van der Waals surface area contributed by atoms with Gasteiger partial charge in [0.25, 0.3) is 0 Å². The third-order valence-corrected chi connectivity index (χ3v) is 7.27. The van der Waals surface area contributed by atoms with E-state index in [1.165, 1.54) is 4.46 Å². The molecular weight excluding hydrogens is 319 g/mol. The summed E-state index contributed by atoms with van der Waals surface area (Å²) < 4.78 is 1.33. The van der Waals surface area contributed by atoms with Crippen LogP contribution < -0.4 is 9.78 Å². The molecule has 0 aromatic heterocycles. The molecule has 3 rings (SSSR count). The van der Waals surface area contributed by atoms with Gasteiger partial charge in [-0.05, 0) is 0 Å². The maximum atomic E-state index is 12.1. The molecule has 0 bridgehead atoms. The first-order valence-electron chi connectivity index (χ1n) is 6.79. The van der Waals surface area contributed by atoms with Crippen LogP contribution in [0, 0.1) is 0 Å². The SMILES string of the molecule is C[C@]1(C[Se]c2ccccc2)CC[C@@]2(C)C(=O)NC(=O)N12. The second kappa shape index (κ2) is 4.61. The van der Waals surface area contributed by atoms with Gasteiger partial charge in [-0.3, -0.25) is 0 Å². The van der Waals surface area contributed by atoms with Crippen LogP contribution >= 0.6 is 0 Å². The average Bonchev–Trinajstić information content (AvgIpc) is 2.84. The van der Waals surface area contributed by atoms with Crippen molar-refractivity contribution in [2.45, 2.75) is 43.1 Å². The molecule has 2 aliphatic heterocycles. The number of nitrogens with zero attached hydrogens (tertiary/aromatic N) is 1. The number of rotatable bonds is 3. The molecule has 3 amide bonds. The number of urea groups is 1. The van der Waals surface area contributed by atoms with Gasteiger partial charge in [0, 0.05) is 0 Å². The van der Waals surface area contributed by atoms with Crippen molar-refractivity contribution in [1.29, 1.82) is 0 Å². The first-order valence-corrected chi connectivity index (χ1v) is 8.86. The minimum absolute atomic E-state index is 0.140. The third-order valence-electron chi connectivity index (χ3n) is 4.39. The van der Waals surface area contributed by atoms with Gasteiger partial charge in [0.2, 0.25) is 0 Å². The van der Waals surface area contributed by atoms with Crippen molar-refractivity contribution in [1.82, 2.24) is 10.2 Å². The van der Waals surface area contributed by atoms with Crippen LogP contribution in [0.4, 0.5) is 4.79 Å². The Morgan fingerprint density at radius 3 is 2.60 bits per heavy atom. The zero-order valence-corrected chi connectivity index (χ0v) is 13.4. The topological polar surface area (TPSA) is 49.4 Å². The molecule has 2 heterocycles. The van der Waals surface area contributed by atoms with Crippen molar-refractivity contribution in [3.8, 4) is 0 Å². The molecule has 106 valence electrons. The van der Waals surface area contributed by atoms with Crippen LogP contribution in [0.25, 0.3) is 0 Å². The van der Waals surface area contributed by atoms with Crippen LogP contribution in [0.3, 0.4) is 0 Å². The first-order chi connectivity index (χ1) is 9.46. The molecule has 2 aliphatic rings. The Morgan fingerprint density at radius 2 is 1.90 bits per heavy atom. The number of amides is 3. The number of hydrogen-bond acceptors (Lipinski definition) is 2. The number of hydrogen-bond donors (Lipinski definition) is 1. The summed E-state index contributed by atoms with van der Waals surface area (Å²) in [7, 11) is 0. The average molecular weight is 337 g/mol. The van der Waals surface area contributed by atoms with Crippen molar-refractivity contribution in [3.05, 3.63) is 30.3 Å². The van der Waals surface area contributed by atoms with Crippen molar-refractivity contribution in [3.63, 3.8) is 0 Å². The van der Waals surface area contributed by atoms with Crippen LogP contribution in [0.15, 0.2) is 30.3 Å². The van der Waals surface area contributed by atoms with Gasteiger partial charge in [0.15, 0.2) is 0 Å². The van der Waals surface area contributed by atoms with E-state index in [1.807, 2.05) is 25.1 Å². The molecule has 2 atom stereocenters. The summed E-state index contributed by atoms with van der Waals surface area (Å²) in [6, 6.07) is 10.1. The Kier molecular flexibility index (Phi) is 3.14. The van der Waals surface area contributed by atoms with Gasteiger partial charge in [-0.2, -0.15) is 0 Å². The number of nitrogens with one attached hydrogen (secondary N) is 1. The maximum absolute atomic E-state index is 12.1. The summed E-state index contributed by atoms with van der Waals surface area (Å²) in [6.45, 7) is 4.00. The van der Waals surface area contributed by atoms with E-state index in [4.69, 9.17) is 0 Å².